The number of carboxylic acid groups (broad SMARTS) is 1. The van der Waals surface area contributed by atoms with E-state index in [-0.39, 0.29) is 30.3 Å². The molecular weight excluding hydrogens is 432 g/mol. The maximum Gasteiger partial charge on any atom is 0.407 e. The largest absolute Gasteiger partial charge is 0.480 e. The fraction of sp³-hybridized carbons (Fsp3) is 0.444. The summed E-state index contributed by atoms with van der Waals surface area (Å²) in [5.41, 5.74) is 4.67. The molecule has 3 N–H and O–H groups in total. The Balaban J connectivity index is 1.33. The van der Waals surface area contributed by atoms with Crippen molar-refractivity contribution in [2.75, 3.05) is 13.2 Å². The summed E-state index contributed by atoms with van der Waals surface area (Å²) in [4.78, 5) is 36.6. The number of aliphatic carboxylic acids is 1. The quantitative estimate of drug-likeness (QED) is 0.540. The Bertz CT molecular complexity index is 1010. The van der Waals surface area contributed by atoms with E-state index in [2.05, 4.69) is 34.9 Å². The lowest BCUT2D eigenvalue weighted by molar-refractivity contribution is -0.143. The Morgan fingerprint density at radius 3 is 2.24 bits per heavy atom. The molecule has 2 aromatic carbocycles. The van der Waals surface area contributed by atoms with Crippen LogP contribution in [0, 0.1) is 11.8 Å². The molecule has 0 saturated heterocycles. The van der Waals surface area contributed by atoms with Crippen LogP contribution in [-0.4, -0.2) is 42.3 Å². The van der Waals surface area contributed by atoms with E-state index in [9.17, 15) is 19.5 Å². The molecule has 180 valence electrons. The summed E-state index contributed by atoms with van der Waals surface area (Å²) < 4.78 is 5.61. The summed E-state index contributed by atoms with van der Waals surface area (Å²) in [5, 5.41) is 14.7. The van der Waals surface area contributed by atoms with Crippen LogP contribution in [-0.2, 0) is 14.3 Å². The highest BCUT2D eigenvalue weighted by molar-refractivity contribution is 5.85. The minimum absolute atomic E-state index is 0.00615. The number of amides is 2. The lowest BCUT2D eigenvalue weighted by Crippen LogP contribution is -2.47. The number of carbonyl (C=O) groups is 3. The van der Waals surface area contributed by atoms with E-state index in [4.69, 9.17) is 4.74 Å². The zero-order valence-corrected chi connectivity index (χ0v) is 19.5. The van der Waals surface area contributed by atoms with E-state index in [0.29, 0.717) is 19.4 Å². The number of rotatable bonds is 8. The predicted molar refractivity (Wildman–Crippen MR) is 128 cm³/mol. The molecular formula is C27H32N2O5. The molecule has 7 heteroatoms. The molecule has 1 saturated carbocycles. The topological polar surface area (TPSA) is 105 Å². The van der Waals surface area contributed by atoms with E-state index in [1.807, 2.05) is 24.3 Å². The van der Waals surface area contributed by atoms with Gasteiger partial charge in [0.1, 0.15) is 12.6 Å². The van der Waals surface area contributed by atoms with Crippen LogP contribution in [0.3, 0.4) is 0 Å². The monoisotopic (exact) mass is 464 g/mol. The Labute approximate surface area is 199 Å². The summed E-state index contributed by atoms with van der Waals surface area (Å²) in [6.07, 6.45) is 3.24. The van der Waals surface area contributed by atoms with Crippen LogP contribution in [0.5, 0.6) is 0 Å². The van der Waals surface area contributed by atoms with Gasteiger partial charge in [0.2, 0.25) is 5.91 Å². The number of fused-ring (bicyclic) bond motifs is 3. The summed E-state index contributed by atoms with van der Waals surface area (Å²) in [7, 11) is 0. The van der Waals surface area contributed by atoms with Gasteiger partial charge in [-0.05, 0) is 47.4 Å². The molecule has 2 aliphatic rings. The number of carboxylic acids is 1. The molecule has 0 bridgehead atoms. The van der Waals surface area contributed by atoms with Crippen molar-refractivity contribution in [2.45, 2.75) is 51.0 Å². The Morgan fingerprint density at radius 2 is 1.62 bits per heavy atom. The van der Waals surface area contributed by atoms with Crippen LogP contribution in [0.2, 0.25) is 0 Å². The molecule has 0 aromatic heterocycles. The summed E-state index contributed by atoms with van der Waals surface area (Å²) in [6, 6.07) is 15.5. The van der Waals surface area contributed by atoms with Crippen molar-refractivity contribution in [3.05, 3.63) is 59.7 Å². The van der Waals surface area contributed by atoms with Crippen molar-refractivity contribution in [1.82, 2.24) is 10.6 Å². The average molecular weight is 465 g/mol. The number of ether oxygens (including phenoxy) is 1. The molecule has 0 spiro atoms. The second-order valence-electron chi connectivity index (χ2n) is 9.17. The van der Waals surface area contributed by atoms with Crippen LogP contribution < -0.4 is 10.6 Å². The molecule has 0 aliphatic heterocycles. The second kappa shape index (κ2) is 10.7. The fourth-order valence-electron chi connectivity index (χ4n) is 5.28. The zero-order chi connectivity index (χ0) is 24.1. The lowest BCUT2D eigenvalue weighted by Gasteiger charge is -2.31. The molecule has 2 aromatic rings. The van der Waals surface area contributed by atoms with Crippen molar-refractivity contribution >= 4 is 18.0 Å². The number of hydrogen-bond donors (Lipinski definition) is 3. The van der Waals surface area contributed by atoms with Crippen LogP contribution in [0.4, 0.5) is 4.79 Å². The first-order valence-corrected chi connectivity index (χ1v) is 12.1. The van der Waals surface area contributed by atoms with Gasteiger partial charge in [-0.1, -0.05) is 68.3 Å². The first kappa shape index (κ1) is 23.8. The summed E-state index contributed by atoms with van der Waals surface area (Å²) >= 11 is 0. The van der Waals surface area contributed by atoms with Crippen LogP contribution >= 0.6 is 0 Å². The molecule has 7 nitrogen and oxygen atoms in total. The number of alkyl carbamates (subject to hydrolysis) is 1. The Hall–Kier alpha value is -3.35. The third-order valence-electron chi connectivity index (χ3n) is 7.12. The van der Waals surface area contributed by atoms with Crippen LogP contribution in [0.15, 0.2) is 48.5 Å². The van der Waals surface area contributed by atoms with Gasteiger partial charge in [-0.3, -0.25) is 4.79 Å². The minimum atomic E-state index is -1.03. The maximum absolute atomic E-state index is 12.7. The van der Waals surface area contributed by atoms with E-state index < -0.39 is 18.1 Å². The van der Waals surface area contributed by atoms with Crippen LogP contribution in [0.25, 0.3) is 11.1 Å². The third kappa shape index (κ3) is 5.08. The highest BCUT2D eigenvalue weighted by atomic mass is 16.5. The van der Waals surface area contributed by atoms with Gasteiger partial charge in [0.15, 0.2) is 0 Å². The Morgan fingerprint density at radius 1 is 1.00 bits per heavy atom. The van der Waals surface area contributed by atoms with Crippen molar-refractivity contribution in [3.63, 3.8) is 0 Å². The molecule has 2 aliphatic carbocycles. The van der Waals surface area contributed by atoms with Gasteiger partial charge in [-0.15, -0.1) is 0 Å². The number of carbonyl (C=O) groups excluding carboxylic acids is 2. The first-order chi connectivity index (χ1) is 16.5. The molecule has 34 heavy (non-hydrogen) atoms. The van der Waals surface area contributed by atoms with Gasteiger partial charge in [-0.25, -0.2) is 9.59 Å². The van der Waals surface area contributed by atoms with E-state index >= 15 is 0 Å². The van der Waals surface area contributed by atoms with Crippen LogP contribution in [0.1, 0.15) is 56.1 Å². The predicted octanol–water partition coefficient (Wildman–Crippen LogP) is 4.31. The van der Waals surface area contributed by atoms with E-state index in [0.717, 1.165) is 30.4 Å². The smallest absolute Gasteiger partial charge is 0.407 e. The molecule has 0 radical (unpaired) electrons. The zero-order valence-electron chi connectivity index (χ0n) is 19.5. The third-order valence-corrected chi connectivity index (χ3v) is 7.12. The van der Waals surface area contributed by atoms with Crippen molar-refractivity contribution in [2.24, 2.45) is 11.8 Å². The van der Waals surface area contributed by atoms with Gasteiger partial charge < -0.3 is 20.5 Å². The number of nitrogens with one attached hydrogen (secondary N) is 2. The molecule has 0 unspecified atom stereocenters. The van der Waals surface area contributed by atoms with Gasteiger partial charge in [0.25, 0.3) is 0 Å². The van der Waals surface area contributed by atoms with Crippen molar-refractivity contribution < 1.29 is 24.2 Å². The standard InChI is InChI=1S/C27H32N2O5/c1-2-24(26(31)32)29-25(30)18-10-4-3-9-17(18)15-28-27(33)34-16-23-21-13-7-5-11-19(21)20-12-6-8-14-22(20)23/h5-8,11-14,17-18,23-24H,2-4,9-10,15-16H2,1H3,(H,28,33)(H,29,30)(H,31,32)/t17-,18-,24+/m1/s1. The molecule has 3 atom stereocenters. The normalized spacial score (nSPS) is 20.0. The summed E-state index contributed by atoms with van der Waals surface area (Å²) in [5.74, 6) is -1.63. The van der Waals surface area contributed by atoms with Gasteiger partial charge in [0.05, 0.1) is 0 Å². The van der Waals surface area contributed by atoms with E-state index in [1.54, 1.807) is 6.92 Å². The molecule has 2 amide bonds. The SMILES string of the molecule is CC[C@H](NC(=O)[C@@H]1CCCC[C@@H]1CNC(=O)OCC1c2ccccc2-c2ccccc21)C(=O)O. The van der Waals surface area contributed by atoms with Crippen molar-refractivity contribution in [1.29, 1.82) is 0 Å². The fourth-order valence-corrected chi connectivity index (χ4v) is 5.28. The Kier molecular flexibility index (Phi) is 7.50. The van der Waals surface area contributed by atoms with Gasteiger partial charge in [-0.2, -0.15) is 0 Å². The molecule has 0 heterocycles. The minimum Gasteiger partial charge on any atom is -0.480 e. The van der Waals surface area contributed by atoms with Gasteiger partial charge in [0, 0.05) is 18.4 Å². The molecule has 1 fully saturated rings. The first-order valence-electron chi connectivity index (χ1n) is 12.1. The van der Waals surface area contributed by atoms with Crippen molar-refractivity contribution in [3.8, 4) is 11.1 Å². The average Bonchev–Trinajstić information content (AvgIpc) is 3.18. The lowest BCUT2D eigenvalue weighted by atomic mass is 9.78. The van der Waals surface area contributed by atoms with Gasteiger partial charge >= 0.3 is 12.1 Å². The summed E-state index contributed by atoms with van der Waals surface area (Å²) in [6.45, 7) is 2.31. The van der Waals surface area contributed by atoms with E-state index in [1.165, 1.54) is 11.1 Å². The number of benzene rings is 2. The maximum atomic E-state index is 12.7. The highest BCUT2D eigenvalue weighted by Gasteiger charge is 2.33. The highest BCUT2D eigenvalue weighted by Crippen LogP contribution is 2.44. The number of hydrogen-bond acceptors (Lipinski definition) is 4. The molecule has 4 rings (SSSR count). The second-order valence-corrected chi connectivity index (χ2v) is 9.17.